The molecule has 1 aromatic carbocycles. The van der Waals surface area contributed by atoms with Crippen LogP contribution in [0.2, 0.25) is 0 Å². The van der Waals surface area contributed by atoms with E-state index in [2.05, 4.69) is 15.6 Å². The van der Waals surface area contributed by atoms with Gasteiger partial charge in [-0.05, 0) is 36.8 Å². The number of sulfone groups is 1. The molecule has 2 rings (SSSR count). The first-order valence-electron chi connectivity index (χ1n) is 7.32. The topological polar surface area (TPSA) is 83.7 Å². The van der Waals surface area contributed by atoms with Crippen molar-refractivity contribution in [3.05, 3.63) is 54.0 Å². The van der Waals surface area contributed by atoms with E-state index in [9.17, 15) is 8.42 Å². The molecule has 0 fully saturated rings. The van der Waals surface area contributed by atoms with Crippen LogP contribution in [0.25, 0.3) is 0 Å². The second kappa shape index (κ2) is 9.67. The molecule has 2 N–H and O–H groups in total. The van der Waals surface area contributed by atoms with Gasteiger partial charge in [0.2, 0.25) is 0 Å². The molecule has 24 heavy (non-hydrogen) atoms. The fraction of sp³-hybridized carbons (Fsp3) is 0.312. The van der Waals surface area contributed by atoms with E-state index in [1.807, 2.05) is 19.1 Å². The summed E-state index contributed by atoms with van der Waals surface area (Å²) in [6.45, 7) is 3.74. The number of hydrogen-bond acceptors (Lipinski definition) is 4. The molecule has 132 valence electrons. The standard InChI is InChI=1S/C16H21N3O3S.HI/c1-3-17-16(19-12-14-5-4-10-22-14)18-11-13-6-8-15(9-7-13)23(2,20)21;/h4-10H,3,11-12H2,1-2H3,(H2,17,18,19);1H. The van der Waals surface area contributed by atoms with Crippen molar-refractivity contribution in [2.24, 2.45) is 4.99 Å². The third kappa shape index (κ3) is 6.52. The van der Waals surface area contributed by atoms with Gasteiger partial charge in [-0.25, -0.2) is 13.4 Å². The summed E-state index contributed by atoms with van der Waals surface area (Å²) in [5, 5.41) is 6.33. The normalized spacial score (nSPS) is 11.7. The number of hydrogen-bond donors (Lipinski definition) is 2. The Morgan fingerprint density at radius 1 is 1.17 bits per heavy atom. The van der Waals surface area contributed by atoms with Gasteiger partial charge in [0, 0.05) is 12.8 Å². The zero-order valence-corrected chi connectivity index (χ0v) is 16.8. The average molecular weight is 463 g/mol. The van der Waals surface area contributed by atoms with Crippen LogP contribution in [-0.4, -0.2) is 27.2 Å². The SMILES string of the molecule is CCNC(=NCc1ccc(S(C)(=O)=O)cc1)NCc1ccco1.I. The molecule has 0 amide bonds. The highest BCUT2D eigenvalue weighted by molar-refractivity contribution is 14.0. The Bertz CT molecular complexity index is 741. The van der Waals surface area contributed by atoms with E-state index in [0.29, 0.717) is 23.9 Å². The summed E-state index contributed by atoms with van der Waals surface area (Å²) in [7, 11) is -3.16. The minimum Gasteiger partial charge on any atom is -0.467 e. The molecule has 0 bridgehead atoms. The molecule has 0 saturated carbocycles. The molecular weight excluding hydrogens is 441 g/mol. The fourth-order valence-electron chi connectivity index (χ4n) is 1.94. The monoisotopic (exact) mass is 463 g/mol. The Morgan fingerprint density at radius 3 is 2.42 bits per heavy atom. The quantitative estimate of drug-likeness (QED) is 0.391. The van der Waals surface area contributed by atoms with Gasteiger partial charge in [0.15, 0.2) is 15.8 Å². The number of halogens is 1. The van der Waals surface area contributed by atoms with E-state index in [0.717, 1.165) is 17.9 Å². The van der Waals surface area contributed by atoms with Crippen LogP contribution < -0.4 is 10.6 Å². The van der Waals surface area contributed by atoms with Crippen molar-refractivity contribution < 1.29 is 12.8 Å². The maximum absolute atomic E-state index is 11.4. The summed E-state index contributed by atoms with van der Waals surface area (Å²) in [4.78, 5) is 4.79. The fourth-order valence-corrected chi connectivity index (χ4v) is 2.57. The van der Waals surface area contributed by atoms with Gasteiger partial charge < -0.3 is 15.1 Å². The van der Waals surface area contributed by atoms with Crippen molar-refractivity contribution >= 4 is 39.8 Å². The van der Waals surface area contributed by atoms with Gasteiger partial charge >= 0.3 is 0 Å². The third-order valence-corrected chi connectivity index (χ3v) is 4.25. The Kier molecular flexibility index (Phi) is 8.26. The van der Waals surface area contributed by atoms with Crippen LogP contribution in [0.4, 0.5) is 0 Å². The number of aliphatic imine (C=N–C) groups is 1. The van der Waals surface area contributed by atoms with E-state index < -0.39 is 9.84 Å². The lowest BCUT2D eigenvalue weighted by Crippen LogP contribution is -2.36. The minimum atomic E-state index is -3.16. The van der Waals surface area contributed by atoms with Gasteiger partial charge in [0.25, 0.3) is 0 Å². The molecule has 0 aliphatic carbocycles. The van der Waals surface area contributed by atoms with Crippen LogP contribution in [0.1, 0.15) is 18.2 Å². The predicted molar refractivity (Wildman–Crippen MR) is 105 cm³/mol. The lowest BCUT2D eigenvalue weighted by Gasteiger charge is -2.10. The van der Waals surface area contributed by atoms with Crippen LogP contribution in [0, 0.1) is 0 Å². The van der Waals surface area contributed by atoms with Gasteiger partial charge in [0.1, 0.15) is 5.76 Å². The summed E-state index contributed by atoms with van der Waals surface area (Å²) < 4.78 is 28.1. The van der Waals surface area contributed by atoms with Gasteiger partial charge in [-0.1, -0.05) is 12.1 Å². The molecule has 0 unspecified atom stereocenters. The molecule has 0 atom stereocenters. The van der Waals surface area contributed by atoms with Gasteiger partial charge in [0.05, 0.1) is 24.2 Å². The number of rotatable bonds is 6. The summed E-state index contributed by atoms with van der Waals surface area (Å²) in [6.07, 6.45) is 2.83. The Labute approximate surface area is 159 Å². The zero-order chi connectivity index (χ0) is 16.7. The molecule has 6 nitrogen and oxygen atoms in total. The molecule has 1 aromatic heterocycles. The van der Waals surface area contributed by atoms with Gasteiger partial charge in [-0.2, -0.15) is 0 Å². The van der Waals surface area contributed by atoms with E-state index in [1.165, 1.54) is 6.26 Å². The maximum Gasteiger partial charge on any atom is 0.191 e. The van der Waals surface area contributed by atoms with E-state index in [-0.39, 0.29) is 24.0 Å². The first kappa shape index (κ1) is 20.5. The van der Waals surface area contributed by atoms with Gasteiger partial charge in [-0.3, -0.25) is 0 Å². The summed E-state index contributed by atoms with van der Waals surface area (Å²) in [5.41, 5.74) is 0.938. The van der Waals surface area contributed by atoms with E-state index in [1.54, 1.807) is 30.5 Å². The molecule has 0 aliphatic rings. The third-order valence-electron chi connectivity index (χ3n) is 3.13. The zero-order valence-electron chi connectivity index (χ0n) is 13.7. The second-order valence-electron chi connectivity index (χ2n) is 5.04. The molecule has 0 saturated heterocycles. The van der Waals surface area contributed by atoms with Crippen LogP contribution in [0.3, 0.4) is 0 Å². The second-order valence-corrected chi connectivity index (χ2v) is 7.06. The number of benzene rings is 1. The molecule has 0 spiro atoms. The van der Waals surface area contributed by atoms with E-state index in [4.69, 9.17) is 4.42 Å². The summed E-state index contributed by atoms with van der Waals surface area (Å²) in [5.74, 6) is 1.50. The molecular formula is C16H22IN3O3S. The molecule has 1 heterocycles. The molecule has 0 radical (unpaired) electrons. The van der Waals surface area contributed by atoms with Crippen molar-refractivity contribution in [2.75, 3.05) is 12.8 Å². The van der Waals surface area contributed by atoms with Crippen molar-refractivity contribution in [3.8, 4) is 0 Å². The van der Waals surface area contributed by atoms with Crippen LogP contribution in [-0.2, 0) is 22.9 Å². The highest BCUT2D eigenvalue weighted by Crippen LogP contribution is 2.11. The highest BCUT2D eigenvalue weighted by atomic mass is 127. The van der Waals surface area contributed by atoms with Crippen molar-refractivity contribution in [2.45, 2.75) is 24.9 Å². The van der Waals surface area contributed by atoms with Crippen LogP contribution in [0.5, 0.6) is 0 Å². The Balaban J connectivity index is 0.00000288. The first-order valence-corrected chi connectivity index (χ1v) is 9.21. The lowest BCUT2D eigenvalue weighted by molar-refractivity contribution is 0.501. The molecule has 2 aromatic rings. The smallest absolute Gasteiger partial charge is 0.191 e. The van der Waals surface area contributed by atoms with Gasteiger partial charge in [-0.15, -0.1) is 24.0 Å². The number of guanidine groups is 1. The Morgan fingerprint density at radius 2 is 1.88 bits per heavy atom. The summed E-state index contributed by atoms with van der Waals surface area (Å²) >= 11 is 0. The summed E-state index contributed by atoms with van der Waals surface area (Å²) in [6, 6.07) is 10.5. The Hall–Kier alpha value is -1.55. The number of nitrogens with zero attached hydrogens (tertiary/aromatic N) is 1. The largest absolute Gasteiger partial charge is 0.467 e. The average Bonchev–Trinajstić information content (AvgIpc) is 3.03. The van der Waals surface area contributed by atoms with Crippen molar-refractivity contribution in [3.63, 3.8) is 0 Å². The van der Waals surface area contributed by atoms with Crippen LogP contribution >= 0.6 is 24.0 Å². The maximum atomic E-state index is 11.4. The van der Waals surface area contributed by atoms with Crippen molar-refractivity contribution in [1.82, 2.24) is 10.6 Å². The van der Waals surface area contributed by atoms with Crippen molar-refractivity contribution in [1.29, 1.82) is 0 Å². The first-order chi connectivity index (χ1) is 11.0. The lowest BCUT2D eigenvalue weighted by atomic mass is 10.2. The minimum absolute atomic E-state index is 0. The number of furan rings is 1. The molecule has 0 aliphatic heterocycles. The highest BCUT2D eigenvalue weighted by Gasteiger charge is 2.06. The number of nitrogens with one attached hydrogen (secondary N) is 2. The molecule has 8 heteroatoms. The predicted octanol–water partition coefficient (Wildman–Crippen LogP) is 2.56. The van der Waals surface area contributed by atoms with Crippen LogP contribution in [0.15, 0.2) is 57.0 Å². The van der Waals surface area contributed by atoms with E-state index >= 15 is 0 Å².